The second-order valence-corrected chi connectivity index (χ2v) is 6.85. The number of aromatic nitrogens is 6. The lowest BCUT2D eigenvalue weighted by atomic mass is 10.5. The Hall–Kier alpha value is -2.79. The first kappa shape index (κ1) is 15.7. The van der Waals surface area contributed by atoms with Crippen LogP contribution in [0.3, 0.4) is 0 Å². The molecule has 0 aromatic carbocycles. The average Bonchev–Trinajstić information content (AvgIpc) is 3.18. The lowest BCUT2D eigenvalue weighted by Gasteiger charge is -2.04. The summed E-state index contributed by atoms with van der Waals surface area (Å²) >= 11 is 2.52. The van der Waals surface area contributed by atoms with E-state index >= 15 is 0 Å². The minimum atomic E-state index is -0.367. The molecule has 0 saturated carbocycles. The van der Waals surface area contributed by atoms with Gasteiger partial charge < -0.3 is 5.32 Å². The zero-order valence-electron chi connectivity index (χ0n) is 12.9. The fourth-order valence-electron chi connectivity index (χ4n) is 2.15. The van der Waals surface area contributed by atoms with Crippen LogP contribution in [-0.2, 0) is 4.79 Å². The van der Waals surface area contributed by atoms with Crippen LogP contribution in [0.25, 0.3) is 10.6 Å². The van der Waals surface area contributed by atoms with E-state index < -0.39 is 0 Å². The topological polar surface area (TPSA) is 107 Å². The Kier molecular flexibility index (Phi) is 3.93. The molecule has 0 spiro atoms. The summed E-state index contributed by atoms with van der Waals surface area (Å²) in [5.41, 5.74) is 0.633. The summed E-state index contributed by atoms with van der Waals surface area (Å²) in [4.78, 5) is 28.1. The van der Waals surface area contributed by atoms with Crippen LogP contribution in [-0.4, -0.2) is 40.9 Å². The highest BCUT2D eigenvalue weighted by molar-refractivity contribution is 7.99. The van der Waals surface area contributed by atoms with Crippen LogP contribution >= 0.6 is 23.1 Å². The van der Waals surface area contributed by atoms with Gasteiger partial charge in [0.1, 0.15) is 11.5 Å². The molecule has 0 atom stereocenters. The van der Waals surface area contributed by atoms with Crippen molar-refractivity contribution in [1.82, 2.24) is 29.2 Å². The van der Waals surface area contributed by atoms with Gasteiger partial charge in [0.15, 0.2) is 10.8 Å². The number of fused-ring (bicyclic) bond motifs is 2. The van der Waals surface area contributed by atoms with Crippen LogP contribution in [0.5, 0.6) is 0 Å². The SMILES string of the molecule is Cc1nn2c(NC(=O)CSc3nnc4ccccn34)csc2nc1=O. The molecule has 4 aromatic rings. The summed E-state index contributed by atoms with van der Waals surface area (Å²) in [6, 6.07) is 5.59. The zero-order chi connectivity index (χ0) is 17.4. The minimum Gasteiger partial charge on any atom is -0.309 e. The van der Waals surface area contributed by atoms with Crippen molar-refractivity contribution in [2.75, 3.05) is 11.1 Å². The van der Waals surface area contributed by atoms with Gasteiger partial charge in [0, 0.05) is 11.6 Å². The van der Waals surface area contributed by atoms with Gasteiger partial charge in [-0.2, -0.15) is 14.6 Å². The van der Waals surface area contributed by atoms with E-state index in [9.17, 15) is 9.59 Å². The number of rotatable bonds is 4. The summed E-state index contributed by atoms with van der Waals surface area (Å²) < 4.78 is 3.27. The molecule has 1 N–H and O–H groups in total. The third-order valence-electron chi connectivity index (χ3n) is 3.32. The Bertz CT molecular complexity index is 1150. The fraction of sp³-hybridized carbons (Fsp3) is 0.143. The highest BCUT2D eigenvalue weighted by Gasteiger charge is 2.13. The zero-order valence-corrected chi connectivity index (χ0v) is 14.5. The largest absolute Gasteiger partial charge is 0.309 e. The molecule has 0 radical (unpaired) electrons. The number of anilines is 1. The van der Waals surface area contributed by atoms with Crippen LogP contribution in [0.15, 0.2) is 39.7 Å². The lowest BCUT2D eigenvalue weighted by molar-refractivity contribution is -0.113. The van der Waals surface area contributed by atoms with E-state index in [1.807, 2.05) is 28.8 Å². The lowest BCUT2D eigenvalue weighted by Crippen LogP contribution is -2.19. The van der Waals surface area contributed by atoms with E-state index in [1.165, 1.54) is 27.6 Å². The van der Waals surface area contributed by atoms with Gasteiger partial charge in [0.25, 0.3) is 5.56 Å². The van der Waals surface area contributed by atoms with Crippen LogP contribution in [0.2, 0.25) is 0 Å². The third kappa shape index (κ3) is 2.98. The van der Waals surface area contributed by atoms with E-state index in [-0.39, 0.29) is 22.9 Å². The Balaban J connectivity index is 1.49. The standard InChI is InChI=1S/C14H11N7O2S2/c1-8-12(23)16-13-21(19-8)10(6-24-13)15-11(22)7-25-14-18-17-9-4-2-3-5-20(9)14/h2-6H,7H2,1H3,(H,15,22). The number of hydrogen-bond acceptors (Lipinski definition) is 8. The summed E-state index contributed by atoms with van der Waals surface area (Å²) in [6.45, 7) is 1.58. The molecule has 0 fully saturated rings. The van der Waals surface area contributed by atoms with E-state index in [2.05, 4.69) is 25.6 Å². The number of pyridine rings is 1. The summed E-state index contributed by atoms with van der Waals surface area (Å²) in [5, 5.41) is 17.4. The van der Waals surface area contributed by atoms with Gasteiger partial charge >= 0.3 is 0 Å². The smallest absolute Gasteiger partial charge is 0.295 e. The molecule has 0 unspecified atom stereocenters. The Morgan fingerprint density at radius 1 is 1.36 bits per heavy atom. The average molecular weight is 373 g/mol. The van der Waals surface area contributed by atoms with Crippen molar-refractivity contribution in [2.45, 2.75) is 12.1 Å². The molecule has 4 aromatic heterocycles. The van der Waals surface area contributed by atoms with Crippen molar-refractivity contribution in [3.8, 4) is 0 Å². The van der Waals surface area contributed by atoms with Gasteiger partial charge in [-0.1, -0.05) is 17.8 Å². The van der Waals surface area contributed by atoms with Crippen LogP contribution in [0.4, 0.5) is 5.82 Å². The number of aryl methyl sites for hydroxylation is 1. The first-order valence-corrected chi connectivity index (χ1v) is 9.06. The van der Waals surface area contributed by atoms with E-state index in [4.69, 9.17) is 0 Å². The molecule has 0 aliphatic rings. The number of thiazole rings is 1. The van der Waals surface area contributed by atoms with Gasteiger partial charge in [-0.25, -0.2) is 0 Å². The second-order valence-electron chi connectivity index (χ2n) is 5.07. The predicted molar refractivity (Wildman–Crippen MR) is 94.2 cm³/mol. The molecule has 1 amide bonds. The molecule has 4 rings (SSSR count). The molecule has 9 nitrogen and oxygen atoms in total. The minimum absolute atomic E-state index is 0.166. The van der Waals surface area contributed by atoms with Crippen LogP contribution < -0.4 is 10.9 Å². The number of amides is 1. The highest BCUT2D eigenvalue weighted by Crippen LogP contribution is 2.19. The monoisotopic (exact) mass is 373 g/mol. The Labute approximate surface area is 148 Å². The maximum atomic E-state index is 12.2. The van der Waals surface area contributed by atoms with Crippen molar-refractivity contribution >= 4 is 45.4 Å². The molecular weight excluding hydrogens is 362 g/mol. The maximum absolute atomic E-state index is 12.2. The van der Waals surface area contributed by atoms with Crippen LogP contribution in [0.1, 0.15) is 5.69 Å². The highest BCUT2D eigenvalue weighted by atomic mass is 32.2. The van der Waals surface area contributed by atoms with Gasteiger partial charge in [-0.3, -0.25) is 14.0 Å². The van der Waals surface area contributed by atoms with Gasteiger partial charge in [-0.15, -0.1) is 21.5 Å². The molecule has 0 bridgehead atoms. The first-order valence-electron chi connectivity index (χ1n) is 7.19. The molecule has 0 aliphatic heterocycles. The molecular formula is C14H11N7O2S2. The number of hydrogen-bond donors (Lipinski definition) is 1. The van der Waals surface area contributed by atoms with E-state index in [0.29, 0.717) is 15.9 Å². The van der Waals surface area contributed by atoms with Gasteiger partial charge in [0.2, 0.25) is 10.9 Å². The molecule has 11 heteroatoms. The van der Waals surface area contributed by atoms with Crippen molar-refractivity contribution in [1.29, 1.82) is 0 Å². The molecule has 25 heavy (non-hydrogen) atoms. The van der Waals surface area contributed by atoms with Crippen LogP contribution in [0, 0.1) is 6.92 Å². The third-order valence-corrected chi connectivity index (χ3v) is 5.08. The number of thioether (sulfide) groups is 1. The Morgan fingerprint density at radius 2 is 2.24 bits per heavy atom. The van der Waals surface area contributed by atoms with Crippen molar-refractivity contribution in [2.24, 2.45) is 0 Å². The molecule has 126 valence electrons. The van der Waals surface area contributed by atoms with Gasteiger partial charge in [0.05, 0.1) is 5.75 Å². The van der Waals surface area contributed by atoms with Crippen molar-refractivity contribution in [3.05, 3.63) is 45.8 Å². The van der Waals surface area contributed by atoms with Crippen molar-refractivity contribution in [3.63, 3.8) is 0 Å². The summed E-state index contributed by atoms with van der Waals surface area (Å²) in [5.74, 6) is 0.433. The number of carbonyl (C=O) groups is 1. The quantitative estimate of drug-likeness (QED) is 0.536. The number of nitrogens with one attached hydrogen (secondary N) is 1. The number of nitrogens with zero attached hydrogens (tertiary/aromatic N) is 6. The molecule has 0 saturated heterocycles. The summed E-state index contributed by atoms with van der Waals surface area (Å²) in [6.07, 6.45) is 1.84. The van der Waals surface area contributed by atoms with E-state index in [1.54, 1.807) is 12.3 Å². The van der Waals surface area contributed by atoms with Crippen molar-refractivity contribution < 1.29 is 4.79 Å². The molecule has 4 heterocycles. The van der Waals surface area contributed by atoms with E-state index in [0.717, 1.165) is 5.65 Å². The van der Waals surface area contributed by atoms with Gasteiger partial charge in [-0.05, 0) is 19.1 Å². The fourth-order valence-corrected chi connectivity index (χ4v) is 3.63. The predicted octanol–water partition coefficient (Wildman–Crippen LogP) is 1.23. The summed E-state index contributed by atoms with van der Waals surface area (Å²) in [7, 11) is 0. The number of carbonyl (C=O) groups excluding carboxylic acids is 1. The maximum Gasteiger partial charge on any atom is 0.295 e. The first-order chi connectivity index (χ1) is 12.1. The second kappa shape index (κ2) is 6.26. The normalized spacial score (nSPS) is 11.2. The molecule has 0 aliphatic carbocycles. The Morgan fingerprint density at radius 3 is 3.12 bits per heavy atom.